The van der Waals surface area contributed by atoms with Gasteiger partial charge in [-0.15, -0.1) is 0 Å². The molecule has 130 valence electrons. The summed E-state index contributed by atoms with van der Waals surface area (Å²) in [5.41, 5.74) is 2.46. The zero-order chi connectivity index (χ0) is 17.1. The van der Waals surface area contributed by atoms with Gasteiger partial charge < -0.3 is 20.3 Å². The number of hydrogen-bond donors (Lipinski definition) is 3. The number of para-hydroxylation sites is 1. The predicted molar refractivity (Wildman–Crippen MR) is 100.0 cm³/mol. The Hall–Kier alpha value is -2.60. The van der Waals surface area contributed by atoms with Gasteiger partial charge in [0.25, 0.3) is 0 Å². The van der Waals surface area contributed by atoms with Crippen molar-refractivity contribution >= 4 is 22.7 Å². The molecule has 25 heavy (non-hydrogen) atoms. The van der Waals surface area contributed by atoms with Gasteiger partial charge in [-0.2, -0.15) is 4.98 Å². The van der Waals surface area contributed by atoms with E-state index in [2.05, 4.69) is 49.6 Å². The van der Waals surface area contributed by atoms with Gasteiger partial charge in [0, 0.05) is 42.9 Å². The Morgan fingerprint density at radius 2 is 2.20 bits per heavy atom. The predicted octanol–water partition coefficient (Wildman–Crippen LogP) is 2.57. The highest BCUT2D eigenvalue weighted by Crippen LogP contribution is 2.20. The molecule has 0 bridgehead atoms. The molecular weight excluding hydrogens is 314 g/mol. The number of H-pyrrole nitrogens is 1. The third-order valence-corrected chi connectivity index (χ3v) is 4.71. The molecule has 0 saturated carbocycles. The van der Waals surface area contributed by atoms with Crippen molar-refractivity contribution in [3.8, 4) is 0 Å². The fourth-order valence-electron chi connectivity index (χ4n) is 3.42. The third-order valence-electron chi connectivity index (χ3n) is 4.71. The van der Waals surface area contributed by atoms with Crippen molar-refractivity contribution in [1.82, 2.24) is 15.0 Å². The number of piperidine rings is 1. The molecule has 0 unspecified atom stereocenters. The topological polar surface area (TPSA) is 77.1 Å². The summed E-state index contributed by atoms with van der Waals surface area (Å²) in [6, 6.07) is 10.2. The van der Waals surface area contributed by atoms with Crippen LogP contribution >= 0.6 is 0 Å². The maximum absolute atomic E-state index is 9.84. The molecule has 3 aromatic rings. The van der Waals surface area contributed by atoms with E-state index in [4.69, 9.17) is 0 Å². The summed E-state index contributed by atoms with van der Waals surface area (Å²) < 4.78 is 0. The molecular formula is C19H23N5O. The first-order valence-corrected chi connectivity index (χ1v) is 8.84. The Kier molecular flexibility index (Phi) is 4.52. The second kappa shape index (κ2) is 7.11. The highest BCUT2D eigenvalue weighted by Gasteiger charge is 2.19. The van der Waals surface area contributed by atoms with E-state index in [0.29, 0.717) is 12.5 Å². The minimum absolute atomic E-state index is 0.262. The molecule has 3 N–H and O–H groups in total. The molecule has 1 aromatic carbocycles. The number of aliphatic hydroxyl groups excluding tert-OH is 1. The van der Waals surface area contributed by atoms with E-state index in [1.54, 1.807) is 6.20 Å². The monoisotopic (exact) mass is 337 g/mol. The minimum atomic E-state index is -0.262. The highest BCUT2D eigenvalue weighted by atomic mass is 16.3. The number of anilines is 2. The van der Waals surface area contributed by atoms with Crippen molar-refractivity contribution in [2.75, 3.05) is 29.9 Å². The number of aromatic amines is 1. The molecule has 0 amide bonds. The van der Waals surface area contributed by atoms with E-state index in [1.807, 2.05) is 12.1 Å². The van der Waals surface area contributed by atoms with Crippen molar-refractivity contribution in [3.05, 3.63) is 48.3 Å². The van der Waals surface area contributed by atoms with Crippen LogP contribution in [0.5, 0.6) is 0 Å². The average Bonchev–Trinajstić information content (AvgIpc) is 3.05. The van der Waals surface area contributed by atoms with Crippen LogP contribution in [0.1, 0.15) is 18.4 Å². The van der Waals surface area contributed by atoms with E-state index in [0.717, 1.165) is 38.2 Å². The average molecular weight is 337 g/mol. The zero-order valence-corrected chi connectivity index (χ0v) is 14.2. The summed E-state index contributed by atoms with van der Waals surface area (Å²) in [5, 5.41) is 14.4. The Morgan fingerprint density at radius 3 is 3.12 bits per heavy atom. The van der Waals surface area contributed by atoms with Gasteiger partial charge in [0.2, 0.25) is 5.95 Å². The van der Waals surface area contributed by atoms with Crippen LogP contribution in [0.3, 0.4) is 0 Å². The minimum Gasteiger partial charge on any atom is -0.391 e. The summed E-state index contributed by atoms with van der Waals surface area (Å²) in [4.78, 5) is 14.3. The number of nitrogens with zero attached hydrogens (tertiary/aromatic N) is 3. The van der Waals surface area contributed by atoms with Crippen molar-refractivity contribution in [2.24, 2.45) is 0 Å². The molecule has 0 radical (unpaired) electrons. The van der Waals surface area contributed by atoms with Crippen molar-refractivity contribution < 1.29 is 5.11 Å². The van der Waals surface area contributed by atoms with E-state index in [9.17, 15) is 5.11 Å². The van der Waals surface area contributed by atoms with E-state index >= 15 is 0 Å². The molecule has 6 heteroatoms. The van der Waals surface area contributed by atoms with E-state index in [1.165, 1.54) is 16.5 Å². The summed E-state index contributed by atoms with van der Waals surface area (Å²) >= 11 is 0. The molecule has 0 aliphatic carbocycles. The molecule has 6 nitrogen and oxygen atoms in total. The molecule has 1 aliphatic rings. The Balaban J connectivity index is 1.39. The second-order valence-corrected chi connectivity index (χ2v) is 6.52. The van der Waals surface area contributed by atoms with Gasteiger partial charge in [0.1, 0.15) is 5.82 Å². The summed E-state index contributed by atoms with van der Waals surface area (Å²) in [6.07, 6.45) is 6.35. The van der Waals surface area contributed by atoms with Crippen LogP contribution < -0.4 is 10.2 Å². The highest BCUT2D eigenvalue weighted by molar-refractivity contribution is 5.83. The Morgan fingerprint density at radius 1 is 1.28 bits per heavy atom. The number of fused-ring (bicyclic) bond motifs is 1. The number of aliphatic hydroxyl groups is 1. The number of nitrogens with one attached hydrogen (secondary N) is 2. The van der Waals surface area contributed by atoms with Crippen LogP contribution in [0.4, 0.5) is 11.8 Å². The molecule has 2 aromatic heterocycles. The fourth-order valence-corrected chi connectivity index (χ4v) is 3.42. The summed E-state index contributed by atoms with van der Waals surface area (Å²) in [7, 11) is 0. The van der Waals surface area contributed by atoms with Crippen LogP contribution in [0.2, 0.25) is 0 Å². The van der Waals surface area contributed by atoms with Gasteiger partial charge in [-0.05, 0) is 37.0 Å². The van der Waals surface area contributed by atoms with Gasteiger partial charge in [-0.25, -0.2) is 4.98 Å². The third kappa shape index (κ3) is 3.58. The number of benzene rings is 1. The molecule has 1 aliphatic heterocycles. The molecule has 0 spiro atoms. The van der Waals surface area contributed by atoms with Crippen LogP contribution in [0.25, 0.3) is 10.9 Å². The lowest BCUT2D eigenvalue weighted by Crippen LogP contribution is -2.38. The van der Waals surface area contributed by atoms with Crippen molar-refractivity contribution in [3.63, 3.8) is 0 Å². The number of hydrogen-bond acceptors (Lipinski definition) is 5. The maximum atomic E-state index is 9.84. The van der Waals surface area contributed by atoms with Crippen molar-refractivity contribution in [2.45, 2.75) is 25.4 Å². The van der Waals surface area contributed by atoms with Crippen LogP contribution in [-0.4, -0.2) is 45.8 Å². The maximum Gasteiger partial charge on any atom is 0.224 e. The smallest absolute Gasteiger partial charge is 0.224 e. The first kappa shape index (κ1) is 15.9. The standard InChI is InChI=1S/C19H23N5O/c25-15-4-3-11-24(13-15)18-8-10-21-19(23-18)20-9-7-14-12-22-17-6-2-1-5-16(14)17/h1-2,5-6,8,10,12,15,22,25H,3-4,7,9,11,13H2,(H,20,21,23)/t15-/m1/s1. The normalized spacial score (nSPS) is 17.8. The van der Waals surface area contributed by atoms with E-state index in [-0.39, 0.29) is 6.10 Å². The van der Waals surface area contributed by atoms with Gasteiger partial charge in [-0.3, -0.25) is 0 Å². The van der Waals surface area contributed by atoms with Gasteiger partial charge >= 0.3 is 0 Å². The lowest BCUT2D eigenvalue weighted by molar-refractivity contribution is 0.154. The molecule has 1 fully saturated rings. The largest absolute Gasteiger partial charge is 0.391 e. The SMILES string of the molecule is O[C@@H]1CCCN(c2ccnc(NCCc3c[nH]c4ccccc34)n2)C1. The lowest BCUT2D eigenvalue weighted by Gasteiger charge is -2.31. The summed E-state index contributed by atoms with van der Waals surface area (Å²) in [6.45, 7) is 2.35. The molecule has 3 heterocycles. The van der Waals surface area contributed by atoms with Crippen molar-refractivity contribution in [1.29, 1.82) is 0 Å². The van der Waals surface area contributed by atoms with Gasteiger partial charge in [0.05, 0.1) is 6.10 Å². The van der Waals surface area contributed by atoms with Crippen LogP contribution in [0, 0.1) is 0 Å². The zero-order valence-electron chi connectivity index (χ0n) is 14.2. The molecule has 4 rings (SSSR count). The number of β-amino-alcohol motifs (C(OH)–C–C–N with tert-alkyl or cyclic N) is 1. The summed E-state index contributed by atoms with van der Waals surface area (Å²) in [5.74, 6) is 1.51. The van der Waals surface area contributed by atoms with Crippen LogP contribution in [0.15, 0.2) is 42.7 Å². The van der Waals surface area contributed by atoms with Gasteiger partial charge in [0.15, 0.2) is 0 Å². The Bertz CT molecular complexity index is 846. The first-order valence-electron chi connectivity index (χ1n) is 8.84. The van der Waals surface area contributed by atoms with E-state index < -0.39 is 0 Å². The molecule has 1 atom stereocenters. The first-order chi connectivity index (χ1) is 12.3. The number of rotatable bonds is 5. The molecule has 1 saturated heterocycles. The van der Waals surface area contributed by atoms with Crippen LogP contribution in [-0.2, 0) is 6.42 Å². The number of aromatic nitrogens is 3. The second-order valence-electron chi connectivity index (χ2n) is 6.52. The Labute approximate surface area is 146 Å². The fraction of sp³-hybridized carbons (Fsp3) is 0.368. The lowest BCUT2D eigenvalue weighted by atomic mass is 10.1. The quantitative estimate of drug-likeness (QED) is 0.667. The van der Waals surface area contributed by atoms with Gasteiger partial charge in [-0.1, -0.05) is 18.2 Å².